The molecule has 2 aromatic rings. The minimum absolute atomic E-state index is 0.00306. The lowest BCUT2D eigenvalue weighted by Crippen LogP contribution is -2.44. The molecular formula is C17H21N3O. The Morgan fingerprint density at radius 2 is 2.19 bits per heavy atom. The molecule has 1 aromatic heterocycles. The molecule has 0 aliphatic heterocycles. The lowest BCUT2D eigenvalue weighted by atomic mass is 9.84. The number of rotatable bonds is 2. The van der Waals surface area contributed by atoms with Gasteiger partial charge < -0.3 is 11.1 Å². The molecule has 0 spiro atoms. The Hall–Kier alpha value is -1.94. The van der Waals surface area contributed by atoms with E-state index in [-0.39, 0.29) is 11.9 Å². The highest BCUT2D eigenvalue weighted by atomic mass is 16.2. The summed E-state index contributed by atoms with van der Waals surface area (Å²) in [6.07, 6.45) is 2.77. The molecule has 1 heterocycles. The summed E-state index contributed by atoms with van der Waals surface area (Å²) in [6, 6.07) is 9.77. The molecule has 3 N–H and O–H groups in total. The number of benzene rings is 1. The fourth-order valence-electron chi connectivity index (χ4n) is 3.09. The summed E-state index contributed by atoms with van der Waals surface area (Å²) in [5.41, 5.74) is 8.19. The average Bonchev–Trinajstić information content (AvgIpc) is 2.80. The number of carbonyl (C=O) groups is 1. The Morgan fingerprint density at radius 1 is 1.38 bits per heavy atom. The van der Waals surface area contributed by atoms with E-state index in [4.69, 9.17) is 5.73 Å². The smallest absolute Gasteiger partial charge is 0.231 e. The van der Waals surface area contributed by atoms with Gasteiger partial charge in [-0.05, 0) is 38.8 Å². The van der Waals surface area contributed by atoms with Gasteiger partial charge in [-0.3, -0.25) is 9.78 Å². The van der Waals surface area contributed by atoms with Crippen LogP contribution < -0.4 is 11.1 Å². The van der Waals surface area contributed by atoms with Gasteiger partial charge in [0.05, 0.1) is 16.6 Å². The molecule has 1 aliphatic carbocycles. The quantitative estimate of drug-likeness (QED) is 0.890. The molecule has 1 aromatic carbocycles. The van der Waals surface area contributed by atoms with Crippen LogP contribution >= 0.6 is 0 Å². The van der Waals surface area contributed by atoms with Crippen LogP contribution in [0.15, 0.2) is 30.3 Å². The number of para-hydroxylation sites is 1. The molecule has 0 radical (unpaired) electrons. The van der Waals surface area contributed by atoms with E-state index in [9.17, 15) is 4.79 Å². The van der Waals surface area contributed by atoms with Gasteiger partial charge in [0.1, 0.15) is 0 Å². The molecule has 21 heavy (non-hydrogen) atoms. The number of nitrogens with two attached hydrogens (primary N) is 1. The van der Waals surface area contributed by atoms with Crippen molar-refractivity contribution in [3.63, 3.8) is 0 Å². The predicted molar refractivity (Wildman–Crippen MR) is 85.0 cm³/mol. The van der Waals surface area contributed by atoms with Crippen LogP contribution in [0.5, 0.6) is 0 Å². The van der Waals surface area contributed by atoms with E-state index in [0.29, 0.717) is 0 Å². The number of nitrogens with one attached hydrogen (secondary N) is 1. The van der Waals surface area contributed by atoms with Crippen molar-refractivity contribution in [1.29, 1.82) is 0 Å². The monoisotopic (exact) mass is 283 g/mol. The largest absolute Gasteiger partial charge is 0.327 e. The summed E-state index contributed by atoms with van der Waals surface area (Å²) in [7, 11) is 0. The SMILES string of the molecule is Cc1ccc2cccc(NC(=O)C3(C)CCCC3N)c2n1. The zero-order valence-corrected chi connectivity index (χ0v) is 12.5. The fourth-order valence-corrected chi connectivity index (χ4v) is 3.09. The standard InChI is InChI=1S/C17H21N3O/c1-11-8-9-12-5-3-6-13(15(12)19-11)20-16(21)17(2)10-4-7-14(17)18/h3,5-6,8-9,14H,4,7,10,18H2,1-2H3,(H,20,21). The number of aryl methyl sites for hydroxylation is 1. The number of amides is 1. The molecule has 1 aliphatic rings. The number of nitrogens with zero attached hydrogens (tertiary/aromatic N) is 1. The van der Waals surface area contributed by atoms with Gasteiger partial charge in [-0.15, -0.1) is 0 Å². The molecule has 1 saturated carbocycles. The number of pyridine rings is 1. The van der Waals surface area contributed by atoms with Crippen molar-refractivity contribution in [2.45, 2.75) is 39.2 Å². The van der Waals surface area contributed by atoms with Crippen molar-refractivity contribution in [3.8, 4) is 0 Å². The van der Waals surface area contributed by atoms with Crippen LogP contribution in [-0.4, -0.2) is 16.9 Å². The zero-order chi connectivity index (χ0) is 15.0. The summed E-state index contributed by atoms with van der Waals surface area (Å²) in [4.78, 5) is 17.2. The second-order valence-electron chi connectivity index (χ2n) is 6.20. The summed E-state index contributed by atoms with van der Waals surface area (Å²) < 4.78 is 0. The van der Waals surface area contributed by atoms with E-state index in [1.165, 1.54) is 0 Å². The summed E-state index contributed by atoms with van der Waals surface area (Å²) in [5, 5.41) is 4.07. The highest BCUT2D eigenvalue weighted by Gasteiger charge is 2.43. The van der Waals surface area contributed by atoms with Crippen molar-refractivity contribution in [3.05, 3.63) is 36.0 Å². The van der Waals surface area contributed by atoms with Gasteiger partial charge in [-0.1, -0.05) is 24.6 Å². The maximum absolute atomic E-state index is 12.7. The van der Waals surface area contributed by atoms with E-state index in [2.05, 4.69) is 10.3 Å². The maximum Gasteiger partial charge on any atom is 0.231 e. The van der Waals surface area contributed by atoms with E-state index in [0.717, 1.165) is 41.5 Å². The fraction of sp³-hybridized carbons (Fsp3) is 0.412. The number of hydrogen-bond donors (Lipinski definition) is 2. The van der Waals surface area contributed by atoms with Gasteiger partial charge in [-0.25, -0.2) is 0 Å². The van der Waals surface area contributed by atoms with Crippen molar-refractivity contribution >= 4 is 22.5 Å². The number of hydrogen-bond acceptors (Lipinski definition) is 3. The molecule has 3 rings (SSSR count). The first-order valence-corrected chi connectivity index (χ1v) is 7.44. The van der Waals surface area contributed by atoms with Crippen LogP contribution in [0.3, 0.4) is 0 Å². The first kappa shape index (κ1) is 14.0. The summed E-state index contributed by atoms with van der Waals surface area (Å²) in [5.74, 6) is 0.00306. The molecule has 2 unspecified atom stereocenters. The first-order chi connectivity index (χ1) is 10.0. The van der Waals surface area contributed by atoms with Gasteiger partial charge >= 0.3 is 0 Å². The van der Waals surface area contributed by atoms with Gasteiger partial charge in [0, 0.05) is 17.1 Å². The molecule has 4 heteroatoms. The highest BCUT2D eigenvalue weighted by Crippen LogP contribution is 2.38. The first-order valence-electron chi connectivity index (χ1n) is 7.44. The van der Waals surface area contributed by atoms with Crippen LogP contribution in [-0.2, 0) is 4.79 Å². The van der Waals surface area contributed by atoms with Crippen molar-refractivity contribution in [2.24, 2.45) is 11.1 Å². The Bertz CT molecular complexity index is 697. The van der Waals surface area contributed by atoms with Crippen LogP contribution in [0.2, 0.25) is 0 Å². The van der Waals surface area contributed by atoms with Gasteiger partial charge in [0.15, 0.2) is 0 Å². The van der Waals surface area contributed by atoms with Crippen molar-refractivity contribution in [1.82, 2.24) is 4.98 Å². The Balaban J connectivity index is 1.95. The normalized spacial score (nSPS) is 25.2. The van der Waals surface area contributed by atoms with Crippen molar-refractivity contribution < 1.29 is 4.79 Å². The van der Waals surface area contributed by atoms with Gasteiger partial charge in [-0.2, -0.15) is 0 Å². The number of anilines is 1. The number of fused-ring (bicyclic) bond motifs is 1. The number of aromatic nitrogens is 1. The second kappa shape index (κ2) is 5.11. The molecular weight excluding hydrogens is 262 g/mol. The summed E-state index contributed by atoms with van der Waals surface area (Å²) >= 11 is 0. The lowest BCUT2D eigenvalue weighted by molar-refractivity contribution is -0.125. The summed E-state index contributed by atoms with van der Waals surface area (Å²) in [6.45, 7) is 3.91. The third kappa shape index (κ3) is 2.40. The van der Waals surface area contributed by atoms with E-state index in [1.54, 1.807) is 0 Å². The van der Waals surface area contributed by atoms with E-state index >= 15 is 0 Å². The number of carbonyl (C=O) groups excluding carboxylic acids is 1. The average molecular weight is 283 g/mol. The highest BCUT2D eigenvalue weighted by molar-refractivity contribution is 6.02. The Morgan fingerprint density at radius 3 is 2.90 bits per heavy atom. The maximum atomic E-state index is 12.7. The topological polar surface area (TPSA) is 68.0 Å². The Kier molecular flexibility index (Phi) is 3.41. The molecule has 110 valence electrons. The van der Waals surface area contributed by atoms with Crippen LogP contribution in [0.25, 0.3) is 10.9 Å². The predicted octanol–water partition coefficient (Wildman–Crippen LogP) is 3.00. The third-order valence-corrected chi connectivity index (χ3v) is 4.66. The molecule has 4 nitrogen and oxygen atoms in total. The third-order valence-electron chi connectivity index (χ3n) is 4.66. The van der Waals surface area contributed by atoms with Gasteiger partial charge in [0.2, 0.25) is 5.91 Å². The van der Waals surface area contributed by atoms with Crippen molar-refractivity contribution in [2.75, 3.05) is 5.32 Å². The zero-order valence-electron chi connectivity index (χ0n) is 12.5. The van der Waals surface area contributed by atoms with Crippen LogP contribution in [0, 0.1) is 12.3 Å². The van der Waals surface area contributed by atoms with E-state index < -0.39 is 5.41 Å². The molecule has 1 amide bonds. The molecule has 0 bridgehead atoms. The minimum Gasteiger partial charge on any atom is -0.327 e. The molecule has 0 saturated heterocycles. The van der Waals surface area contributed by atoms with Crippen LogP contribution in [0.1, 0.15) is 31.9 Å². The second-order valence-corrected chi connectivity index (χ2v) is 6.20. The van der Waals surface area contributed by atoms with E-state index in [1.807, 2.05) is 44.2 Å². The Labute approximate surface area is 124 Å². The van der Waals surface area contributed by atoms with Gasteiger partial charge in [0.25, 0.3) is 0 Å². The molecule has 1 fully saturated rings. The molecule has 2 atom stereocenters. The minimum atomic E-state index is -0.480. The lowest BCUT2D eigenvalue weighted by Gasteiger charge is -2.27. The van der Waals surface area contributed by atoms with Crippen LogP contribution in [0.4, 0.5) is 5.69 Å².